The third-order valence-electron chi connectivity index (χ3n) is 5.80. The molecule has 1 aromatic heterocycles. The van der Waals surface area contributed by atoms with Crippen LogP contribution in [0, 0.1) is 5.82 Å². The molecule has 2 heterocycles. The molecule has 0 aliphatic carbocycles. The van der Waals surface area contributed by atoms with Crippen LogP contribution in [0.1, 0.15) is 27.3 Å². The summed E-state index contributed by atoms with van der Waals surface area (Å²) in [7, 11) is 1.74. The number of anilines is 1. The second kappa shape index (κ2) is 9.23. The van der Waals surface area contributed by atoms with Gasteiger partial charge >= 0.3 is 0 Å². The molecule has 0 bridgehead atoms. The van der Waals surface area contributed by atoms with Gasteiger partial charge in [-0.05, 0) is 53.6 Å². The summed E-state index contributed by atoms with van der Waals surface area (Å²) in [5.41, 5.74) is 4.07. The number of aromatic nitrogens is 3. The first-order chi connectivity index (χ1) is 16.5. The van der Waals surface area contributed by atoms with Crippen molar-refractivity contribution in [2.75, 3.05) is 17.7 Å². The topological polar surface area (TPSA) is 68.1 Å². The van der Waals surface area contributed by atoms with Gasteiger partial charge in [-0.1, -0.05) is 42.1 Å². The first kappa shape index (κ1) is 22.0. The lowest BCUT2D eigenvalue weighted by Crippen LogP contribution is -2.20. The lowest BCUT2D eigenvalue weighted by Gasteiger charge is -2.11. The summed E-state index contributed by atoms with van der Waals surface area (Å²) in [5, 5.41) is 9.26. The van der Waals surface area contributed by atoms with Crippen LogP contribution in [-0.2, 0) is 17.6 Å². The van der Waals surface area contributed by atoms with Gasteiger partial charge in [0.05, 0.1) is 12.2 Å². The minimum Gasteiger partial charge on any atom is -0.315 e. The molecule has 0 unspecified atom stereocenters. The van der Waals surface area contributed by atoms with Crippen LogP contribution in [0.4, 0.5) is 10.1 Å². The molecule has 4 aromatic rings. The normalized spacial score (nSPS) is 12.8. The quantitative estimate of drug-likeness (QED) is 0.293. The number of hydrogen-bond donors (Lipinski definition) is 0. The third-order valence-corrected chi connectivity index (χ3v) is 6.73. The highest BCUT2D eigenvalue weighted by Gasteiger charge is 2.25. The molecule has 5 rings (SSSR count). The van der Waals surface area contributed by atoms with Crippen LogP contribution in [0.25, 0.3) is 5.69 Å². The molecule has 1 amide bonds. The van der Waals surface area contributed by atoms with Crippen molar-refractivity contribution in [1.82, 2.24) is 14.8 Å². The molecule has 0 N–H and O–H groups in total. The molecule has 0 spiro atoms. The highest BCUT2D eigenvalue weighted by molar-refractivity contribution is 7.99. The van der Waals surface area contributed by atoms with Gasteiger partial charge in [-0.2, -0.15) is 0 Å². The summed E-state index contributed by atoms with van der Waals surface area (Å²) in [6.07, 6.45) is 0.855. The maximum absolute atomic E-state index is 13.5. The van der Waals surface area contributed by atoms with E-state index in [0.717, 1.165) is 22.5 Å². The van der Waals surface area contributed by atoms with Gasteiger partial charge in [0.15, 0.2) is 10.9 Å². The van der Waals surface area contributed by atoms with Gasteiger partial charge in [0.25, 0.3) is 0 Å². The zero-order chi connectivity index (χ0) is 23.7. The maximum atomic E-state index is 13.5. The molecule has 6 nitrogen and oxygen atoms in total. The molecule has 0 atom stereocenters. The Hall–Kier alpha value is -3.78. The van der Waals surface area contributed by atoms with E-state index in [1.54, 1.807) is 36.2 Å². The highest BCUT2D eigenvalue weighted by Crippen LogP contribution is 2.30. The van der Waals surface area contributed by atoms with E-state index in [9.17, 15) is 14.0 Å². The van der Waals surface area contributed by atoms with Gasteiger partial charge in [0, 0.05) is 30.4 Å². The molecule has 0 saturated heterocycles. The van der Waals surface area contributed by atoms with E-state index in [4.69, 9.17) is 0 Å². The van der Waals surface area contributed by atoms with Gasteiger partial charge in [0.2, 0.25) is 5.91 Å². The van der Waals surface area contributed by atoms with Crippen molar-refractivity contribution in [3.05, 3.63) is 101 Å². The second-order valence-electron chi connectivity index (χ2n) is 8.06. The molecule has 0 saturated carbocycles. The zero-order valence-electron chi connectivity index (χ0n) is 18.4. The van der Waals surface area contributed by atoms with Crippen LogP contribution >= 0.6 is 11.8 Å². The number of carbonyl (C=O) groups excluding carboxylic acids is 2. The smallest absolute Gasteiger partial charge is 0.231 e. The van der Waals surface area contributed by atoms with Crippen LogP contribution in [-0.4, -0.2) is 39.3 Å². The second-order valence-corrected chi connectivity index (χ2v) is 9.00. The van der Waals surface area contributed by atoms with Crippen molar-refractivity contribution < 1.29 is 14.0 Å². The van der Waals surface area contributed by atoms with Crippen LogP contribution < -0.4 is 4.90 Å². The first-order valence-electron chi connectivity index (χ1n) is 10.8. The molecule has 0 radical (unpaired) electrons. The predicted octanol–water partition coefficient (Wildman–Crippen LogP) is 4.49. The Morgan fingerprint density at radius 3 is 2.56 bits per heavy atom. The van der Waals surface area contributed by atoms with Crippen LogP contribution in [0.15, 0.2) is 78.0 Å². The molecule has 0 fully saturated rings. The maximum Gasteiger partial charge on any atom is 0.231 e. The fourth-order valence-electron chi connectivity index (χ4n) is 3.99. The molecule has 8 heteroatoms. The number of nitrogens with zero attached hydrogens (tertiary/aromatic N) is 4. The van der Waals surface area contributed by atoms with Crippen molar-refractivity contribution in [3.8, 4) is 5.69 Å². The number of benzene rings is 3. The van der Waals surface area contributed by atoms with Gasteiger partial charge in [-0.25, -0.2) is 4.39 Å². The largest absolute Gasteiger partial charge is 0.315 e. The van der Waals surface area contributed by atoms with Crippen molar-refractivity contribution in [3.63, 3.8) is 0 Å². The SMILES string of the molecule is CN1C(=O)Cc2cc(C(=O)CSc3nnc(Cc4ccccc4)n3-c3ccc(F)cc3)ccc21. The number of likely N-dealkylation sites (N-methyl/N-ethyl adjacent to an activating group) is 1. The van der Waals surface area contributed by atoms with Gasteiger partial charge < -0.3 is 4.90 Å². The number of amides is 1. The fourth-order valence-corrected chi connectivity index (χ4v) is 4.86. The Kier molecular flexibility index (Phi) is 5.98. The summed E-state index contributed by atoms with van der Waals surface area (Å²) >= 11 is 1.28. The third kappa shape index (κ3) is 4.36. The molecule has 1 aliphatic rings. The number of fused-ring (bicyclic) bond motifs is 1. The molecule has 170 valence electrons. The van der Waals surface area contributed by atoms with Gasteiger partial charge in [-0.3, -0.25) is 14.2 Å². The van der Waals surface area contributed by atoms with E-state index in [0.29, 0.717) is 29.4 Å². The highest BCUT2D eigenvalue weighted by atomic mass is 32.2. The number of halogens is 1. The molecule has 3 aromatic carbocycles. The van der Waals surface area contributed by atoms with E-state index in [1.807, 2.05) is 41.0 Å². The Balaban J connectivity index is 1.39. The van der Waals surface area contributed by atoms with Gasteiger partial charge in [-0.15, -0.1) is 10.2 Å². The average Bonchev–Trinajstić information content (AvgIpc) is 3.38. The molecule has 34 heavy (non-hydrogen) atoms. The molecular formula is C26H21FN4O2S. The minimum atomic E-state index is -0.327. The van der Waals surface area contributed by atoms with Crippen LogP contribution in [0.2, 0.25) is 0 Å². The summed E-state index contributed by atoms with van der Waals surface area (Å²) in [5.74, 6) is 0.492. The number of carbonyl (C=O) groups is 2. The van der Waals surface area contributed by atoms with E-state index >= 15 is 0 Å². The van der Waals surface area contributed by atoms with Gasteiger partial charge in [0.1, 0.15) is 11.6 Å². The zero-order valence-corrected chi connectivity index (χ0v) is 19.3. The van der Waals surface area contributed by atoms with E-state index in [2.05, 4.69) is 10.2 Å². The van der Waals surface area contributed by atoms with Crippen LogP contribution in [0.5, 0.6) is 0 Å². The Labute approximate surface area is 200 Å². The first-order valence-corrected chi connectivity index (χ1v) is 11.8. The number of ketones is 1. The molecular weight excluding hydrogens is 451 g/mol. The fraction of sp³-hybridized carbons (Fsp3) is 0.154. The molecule has 1 aliphatic heterocycles. The predicted molar refractivity (Wildman–Crippen MR) is 129 cm³/mol. The standard InChI is InChI=1S/C26H21FN4O2S/c1-30-22-12-7-18(14-19(22)15-25(30)33)23(32)16-34-26-29-28-24(13-17-5-3-2-4-6-17)31(26)21-10-8-20(27)9-11-21/h2-12,14H,13,15-16H2,1H3. The lowest BCUT2D eigenvalue weighted by atomic mass is 10.1. The summed E-state index contributed by atoms with van der Waals surface area (Å²) in [4.78, 5) is 26.5. The number of Topliss-reactive ketones (excluding diaryl/α,β-unsaturated/α-hetero) is 1. The van der Waals surface area contributed by atoms with Crippen molar-refractivity contribution in [1.29, 1.82) is 0 Å². The van der Waals surface area contributed by atoms with Crippen molar-refractivity contribution in [2.45, 2.75) is 18.0 Å². The van der Waals surface area contributed by atoms with E-state index in [-0.39, 0.29) is 23.3 Å². The summed E-state index contributed by atoms with van der Waals surface area (Å²) in [6, 6.07) is 21.4. The Morgan fingerprint density at radius 1 is 1.03 bits per heavy atom. The number of thioether (sulfide) groups is 1. The number of rotatable bonds is 7. The summed E-state index contributed by atoms with van der Waals surface area (Å²) in [6.45, 7) is 0. The van der Waals surface area contributed by atoms with Crippen LogP contribution in [0.3, 0.4) is 0 Å². The summed E-state index contributed by atoms with van der Waals surface area (Å²) < 4.78 is 15.4. The monoisotopic (exact) mass is 472 g/mol. The van der Waals surface area contributed by atoms with Crippen molar-refractivity contribution in [2.24, 2.45) is 0 Å². The average molecular weight is 473 g/mol. The number of hydrogen-bond acceptors (Lipinski definition) is 5. The lowest BCUT2D eigenvalue weighted by molar-refractivity contribution is -0.117. The Bertz CT molecular complexity index is 1370. The van der Waals surface area contributed by atoms with E-state index < -0.39 is 0 Å². The van der Waals surface area contributed by atoms with Crippen molar-refractivity contribution >= 4 is 29.1 Å². The Morgan fingerprint density at radius 2 is 1.79 bits per heavy atom. The van der Waals surface area contributed by atoms with E-state index in [1.165, 1.54) is 23.9 Å². The minimum absolute atomic E-state index is 0.0207.